The molecule has 1 N–H and O–H groups in total. The first kappa shape index (κ1) is 18.6. The first-order valence-corrected chi connectivity index (χ1v) is 9.45. The van der Waals surface area contributed by atoms with Gasteiger partial charge < -0.3 is 14.4 Å². The lowest BCUT2D eigenvalue weighted by atomic mass is 10.1. The molecule has 6 nitrogen and oxygen atoms in total. The second-order valence-electron chi connectivity index (χ2n) is 6.16. The van der Waals surface area contributed by atoms with Gasteiger partial charge >= 0.3 is 0 Å². The first-order valence-electron chi connectivity index (χ1n) is 8.63. The number of thiazole rings is 1. The van der Waals surface area contributed by atoms with Crippen molar-refractivity contribution in [1.29, 1.82) is 0 Å². The normalized spacial score (nSPS) is 14.3. The van der Waals surface area contributed by atoms with E-state index in [9.17, 15) is 13.6 Å². The van der Waals surface area contributed by atoms with Gasteiger partial charge in [0, 0.05) is 18.8 Å². The van der Waals surface area contributed by atoms with E-state index in [1.807, 2.05) is 11.0 Å². The van der Waals surface area contributed by atoms with Crippen molar-refractivity contribution in [3.05, 3.63) is 47.5 Å². The van der Waals surface area contributed by atoms with Gasteiger partial charge in [-0.1, -0.05) is 17.4 Å². The van der Waals surface area contributed by atoms with Gasteiger partial charge in [-0.15, -0.1) is 0 Å². The predicted molar refractivity (Wildman–Crippen MR) is 104 cm³/mol. The number of morpholine rings is 1. The SMILES string of the molecule is COc1cccc2sc(NC(=O)c3c(F)cc(N4CCOCC4)cc3F)nc12. The van der Waals surface area contributed by atoms with Gasteiger partial charge in [-0.05, 0) is 24.3 Å². The molecule has 1 aliphatic heterocycles. The largest absolute Gasteiger partial charge is 0.494 e. The van der Waals surface area contributed by atoms with E-state index in [1.54, 1.807) is 12.1 Å². The number of hydrogen-bond acceptors (Lipinski definition) is 6. The van der Waals surface area contributed by atoms with Crippen LogP contribution in [0.5, 0.6) is 5.75 Å². The van der Waals surface area contributed by atoms with Crippen LogP contribution in [0.1, 0.15) is 10.4 Å². The molecule has 0 spiro atoms. The Labute approximate surface area is 163 Å². The van der Waals surface area contributed by atoms with Crippen molar-refractivity contribution in [2.75, 3.05) is 43.6 Å². The molecule has 9 heteroatoms. The molecule has 0 saturated carbocycles. The van der Waals surface area contributed by atoms with E-state index in [2.05, 4.69) is 10.3 Å². The maximum absolute atomic E-state index is 14.5. The quantitative estimate of drug-likeness (QED) is 0.718. The Balaban J connectivity index is 1.59. The third kappa shape index (κ3) is 3.50. The number of hydrogen-bond donors (Lipinski definition) is 1. The molecule has 2 heterocycles. The fourth-order valence-corrected chi connectivity index (χ4v) is 3.96. The molecule has 146 valence electrons. The topological polar surface area (TPSA) is 63.7 Å². The van der Waals surface area contributed by atoms with Crippen molar-refractivity contribution < 1.29 is 23.0 Å². The molecule has 3 aromatic rings. The molecule has 0 unspecified atom stereocenters. The Morgan fingerprint density at radius 1 is 1.25 bits per heavy atom. The Hall–Kier alpha value is -2.78. The predicted octanol–water partition coefficient (Wildman–Crippen LogP) is 3.67. The zero-order valence-electron chi connectivity index (χ0n) is 15.0. The fraction of sp³-hybridized carbons (Fsp3) is 0.263. The lowest BCUT2D eigenvalue weighted by Gasteiger charge is -2.29. The first-order chi connectivity index (χ1) is 13.6. The van der Waals surface area contributed by atoms with Gasteiger partial charge in [-0.2, -0.15) is 0 Å². The Morgan fingerprint density at radius 2 is 1.96 bits per heavy atom. The minimum atomic E-state index is -0.919. The van der Waals surface area contributed by atoms with Crippen LogP contribution in [0.3, 0.4) is 0 Å². The molecular formula is C19H17F2N3O3S. The maximum atomic E-state index is 14.5. The van der Waals surface area contributed by atoms with E-state index >= 15 is 0 Å². The van der Waals surface area contributed by atoms with Gasteiger partial charge in [0.2, 0.25) is 0 Å². The van der Waals surface area contributed by atoms with E-state index in [1.165, 1.54) is 30.6 Å². The molecule has 4 rings (SSSR count). The average Bonchev–Trinajstić information content (AvgIpc) is 3.10. The zero-order chi connectivity index (χ0) is 19.7. The number of para-hydroxylation sites is 1. The number of carbonyl (C=O) groups excluding carboxylic acids is 1. The second-order valence-corrected chi connectivity index (χ2v) is 7.19. The number of anilines is 2. The van der Waals surface area contributed by atoms with E-state index in [0.717, 1.165) is 4.70 Å². The summed E-state index contributed by atoms with van der Waals surface area (Å²) in [5.41, 5.74) is 0.330. The molecule has 0 bridgehead atoms. The van der Waals surface area contributed by atoms with Crippen LogP contribution in [0.25, 0.3) is 10.2 Å². The van der Waals surface area contributed by atoms with Crippen molar-refractivity contribution in [3.63, 3.8) is 0 Å². The van der Waals surface area contributed by atoms with Crippen LogP contribution in [0.15, 0.2) is 30.3 Å². The third-order valence-electron chi connectivity index (χ3n) is 4.45. The minimum absolute atomic E-state index is 0.237. The van der Waals surface area contributed by atoms with Gasteiger partial charge in [0.1, 0.15) is 28.5 Å². The summed E-state index contributed by atoms with van der Waals surface area (Å²) in [6, 6.07) is 7.71. The molecule has 1 amide bonds. The lowest BCUT2D eigenvalue weighted by Crippen LogP contribution is -2.36. The van der Waals surface area contributed by atoms with E-state index < -0.39 is 23.1 Å². The maximum Gasteiger partial charge on any atom is 0.263 e. The third-order valence-corrected chi connectivity index (χ3v) is 5.39. The van der Waals surface area contributed by atoms with Crippen LogP contribution in [0, 0.1) is 11.6 Å². The number of carbonyl (C=O) groups is 1. The van der Waals surface area contributed by atoms with Gasteiger partial charge in [-0.3, -0.25) is 10.1 Å². The zero-order valence-corrected chi connectivity index (χ0v) is 15.8. The minimum Gasteiger partial charge on any atom is -0.494 e. The Bertz CT molecular complexity index is 1010. The average molecular weight is 405 g/mol. The summed E-state index contributed by atoms with van der Waals surface area (Å²) in [5.74, 6) is -2.17. The Kier molecular flexibility index (Phi) is 5.10. The molecule has 1 aliphatic rings. The molecular weight excluding hydrogens is 388 g/mol. The number of rotatable bonds is 4. The van der Waals surface area contributed by atoms with E-state index in [0.29, 0.717) is 43.3 Å². The summed E-state index contributed by atoms with van der Waals surface area (Å²) in [6.07, 6.45) is 0. The molecule has 0 atom stereocenters. The van der Waals surface area contributed by atoms with Crippen molar-refractivity contribution in [1.82, 2.24) is 4.98 Å². The van der Waals surface area contributed by atoms with Gasteiger partial charge in [0.05, 0.1) is 25.0 Å². The number of benzene rings is 2. The number of ether oxygens (including phenoxy) is 2. The molecule has 0 radical (unpaired) electrons. The number of nitrogens with one attached hydrogen (secondary N) is 1. The van der Waals surface area contributed by atoms with Gasteiger partial charge in [-0.25, -0.2) is 13.8 Å². The molecule has 2 aromatic carbocycles. The monoisotopic (exact) mass is 405 g/mol. The highest BCUT2D eigenvalue weighted by Gasteiger charge is 2.22. The van der Waals surface area contributed by atoms with Crippen molar-refractivity contribution in [2.24, 2.45) is 0 Å². The smallest absolute Gasteiger partial charge is 0.263 e. The summed E-state index contributed by atoms with van der Waals surface area (Å²) in [5, 5.41) is 2.72. The number of fused-ring (bicyclic) bond motifs is 1. The summed E-state index contributed by atoms with van der Waals surface area (Å²) in [6.45, 7) is 2.06. The van der Waals surface area contributed by atoms with E-state index in [-0.39, 0.29) is 5.13 Å². The van der Waals surface area contributed by atoms with Crippen LogP contribution in [-0.2, 0) is 4.74 Å². The molecule has 1 saturated heterocycles. The summed E-state index contributed by atoms with van der Waals surface area (Å²) >= 11 is 1.20. The number of halogens is 2. The standard InChI is InChI=1S/C19H17F2N3O3S/c1-26-14-3-2-4-15-17(14)22-19(28-15)23-18(25)16-12(20)9-11(10-13(16)21)24-5-7-27-8-6-24/h2-4,9-10H,5-8H2,1H3,(H,22,23,25). The van der Waals surface area contributed by atoms with E-state index in [4.69, 9.17) is 9.47 Å². The number of methoxy groups -OCH3 is 1. The number of nitrogens with zero attached hydrogens (tertiary/aromatic N) is 2. The highest BCUT2D eigenvalue weighted by Crippen LogP contribution is 2.32. The van der Waals surface area contributed by atoms with Crippen LogP contribution >= 0.6 is 11.3 Å². The van der Waals surface area contributed by atoms with Crippen molar-refractivity contribution in [3.8, 4) is 5.75 Å². The fourth-order valence-electron chi connectivity index (χ4n) is 3.08. The Morgan fingerprint density at radius 3 is 2.64 bits per heavy atom. The highest BCUT2D eigenvalue weighted by atomic mass is 32.1. The highest BCUT2D eigenvalue weighted by molar-refractivity contribution is 7.22. The van der Waals surface area contributed by atoms with Crippen LogP contribution < -0.4 is 15.0 Å². The van der Waals surface area contributed by atoms with Gasteiger partial charge in [0.15, 0.2) is 5.13 Å². The molecule has 28 heavy (non-hydrogen) atoms. The summed E-state index contributed by atoms with van der Waals surface area (Å²) in [7, 11) is 1.52. The van der Waals surface area contributed by atoms with Crippen molar-refractivity contribution in [2.45, 2.75) is 0 Å². The number of amides is 1. The van der Waals surface area contributed by atoms with Crippen molar-refractivity contribution >= 4 is 38.3 Å². The van der Waals surface area contributed by atoms with Gasteiger partial charge in [0.25, 0.3) is 5.91 Å². The van der Waals surface area contributed by atoms with Crippen LogP contribution in [0.4, 0.5) is 19.6 Å². The lowest BCUT2D eigenvalue weighted by molar-refractivity contribution is 0.101. The molecule has 1 aromatic heterocycles. The molecule has 0 aliphatic carbocycles. The number of aromatic nitrogens is 1. The van der Waals surface area contributed by atoms with Crippen LogP contribution in [-0.4, -0.2) is 44.3 Å². The summed E-state index contributed by atoms with van der Waals surface area (Å²) < 4.78 is 40.4. The van der Waals surface area contributed by atoms with Crippen LogP contribution in [0.2, 0.25) is 0 Å². The second kappa shape index (κ2) is 7.69. The molecule has 1 fully saturated rings. The summed E-state index contributed by atoms with van der Waals surface area (Å²) in [4.78, 5) is 18.6.